The summed E-state index contributed by atoms with van der Waals surface area (Å²) in [7, 11) is 1.78. The van der Waals surface area contributed by atoms with Crippen LogP contribution in [0.15, 0.2) is 24.3 Å². The molecule has 0 atom stereocenters. The van der Waals surface area contributed by atoms with Crippen LogP contribution in [0.5, 0.6) is 0 Å². The van der Waals surface area contributed by atoms with Gasteiger partial charge >= 0.3 is 0 Å². The van der Waals surface area contributed by atoms with Gasteiger partial charge in [0.05, 0.1) is 7.05 Å². The molecule has 1 heterocycles. The first-order chi connectivity index (χ1) is 9.09. The zero-order chi connectivity index (χ0) is 13.9. The average molecular weight is 388 g/mol. The van der Waals surface area contributed by atoms with Gasteiger partial charge in [-0.1, -0.05) is 61.7 Å². The molecule has 102 valence electrons. The Hall–Kier alpha value is -0.750. The molecule has 4 nitrogen and oxygen atoms in total. The largest absolute Gasteiger partial charge is 0.175 e. The topological polar surface area (TPSA) is 43.6 Å². The summed E-state index contributed by atoms with van der Waals surface area (Å²) in [6.45, 7) is 2.10. The van der Waals surface area contributed by atoms with Gasteiger partial charge in [0.15, 0.2) is 5.82 Å². The van der Waals surface area contributed by atoms with Gasteiger partial charge in [-0.05, 0) is 17.7 Å². The van der Waals surface area contributed by atoms with Crippen molar-refractivity contribution in [2.75, 3.05) is 10.7 Å². The van der Waals surface area contributed by atoms with Gasteiger partial charge in [0, 0.05) is 22.5 Å². The highest BCUT2D eigenvalue weighted by Crippen LogP contribution is 2.32. The first kappa shape index (κ1) is 14.7. The maximum absolute atomic E-state index is 4.29. The summed E-state index contributed by atoms with van der Waals surface area (Å²) in [6.07, 6.45) is 0.750. The van der Waals surface area contributed by atoms with E-state index >= 15 is 0 Å². The van der Waals surface area contributed by atoms with E-state index in [9.17, 15) is 0 Å². The molecular weight excluding hydrogens is 372 g/mol. The van der Waals surface area contributed by atoms with Gasteiger partial charge in [0.25, 0.3) is 0 Å². The van der Waals surface area contributed by atoms with Crippen molar-refractivity contribution in [3.8, 4) is 0 Å². The van der Waals surface area contributed by atoms with E-state index in [0.717, 1.165) is 22.9 Å². The number of aromatic nitrogens is 4. The summed E-state index contributed by atoms with van der Waals surface area (Å²) < 4.78 is 0. The highest BCUT2D eigenvalue weighted by molar-refractivity contribution is 9.09. The molecule has 0 spiro atoms. The Morgan fingerprint density at radius 1 is 1.16 bits per heavy atom. The van der Waals surface area contributed by atoms with Crippen LogP contribution in [0.3, 0.4) is 0 Å². The van der Waals surface area contributed by atoms with E-state index in [0.29, 0.717) is 0 Å². The van der Waals surface area contributed by atoms with Crippen LogP contribution in [0, 0.1) is 6.92 Å². The molecule has 0 amide bonds. The van der Waals surface area contributed by atoms with Gasteiger partial charge in [-0.25, -0.2) is 0 Å². The lowest BCUT2D eigenvalue weighted by molar-refractivity contribution is 0.530. The number of tetrazole rings is 1. The SMILES string of the molecule is Cc1ccc(C(CBr)(CBr)Cc2nnn(C)n2)cc1. The zero-order valence-electron chi connectivity index (χ0n) is 11.0. The van der Waals surface area contributed by atoms with E-state index in [1.54, 1.807) is 7.05 Å². The Morgan fingerprint density at radius 3 is 2.26 bits per heavy atom. The molecule has 0 aliphatic heterocycles. The van der Waals surface area contributed by atoms with E-state index in [-0.39, 0.29) is 5.41 Å². The molecule has 0 aliphatic carbocycles. The number of benzene rings is 1. The quantitative estimate of drug-likeness (QED) is 0.741. The van der Waals surface area contributed by atoms with Crippen LogP contribution in [0.1, 0.15) is 17.0 Å². The molecular formula is C13H16Br2N4. The third-order valence-electron chi connectivity index (χ3n) is 3.22. The fraction of sp³-hybridized carbons (Fsp3) is 0.462. The van der Waals surface area contributed by atoms with Crippen molar-refractivity contribution in [2.45, 2.75) is 18.8 Å². The minimum Gasteiger partial charge on any atom is -0.167 e. The fourth-order valence-corrected chi connectivity index (χ4v) is 3.96. The molecule has 0 aliphatic rings. The monoisotopic (exact) mass is 386 g/mol. The Bertz CT molecular complexity index is 532. The van der Waals surface area contributed by atoms with Crippen molar-refractivity contribution in [1.29, 1.82) is 0 Å². The molecule has 0 saturated carbocycles. The lowest BCUT2D eigenvalue weighted by Gasteiger charge is -2.29. The summed E-state index contributed by atoms with van der Waals surface area (Å²) >= 11 is 7.28. The lowest BCUT2D eigenvalue weighted by atomic mass is 9.81. The van der Waals surface area contributed by atoms with E-state index in [1.165, 1.54) is 15.9 Å². The molecule has 0 saturated heterocycles. The maximum Gasteiger partial charge on any atom is 0.175 e. The highest BCUT2D eigenvalue weighted by atomic mass is 79.9. The van der Waals surface area contributed by atoms with Crippen LogP contribution >= 0.6 is 31.9 Å². The molecule has 1 aromatic heterocycles. The first-order valence-electron chi connectivity index (χ1n) is 6.01. The van der Waals surface area contributed by atoms with Crippen molar-refractivity contribution in [3.05, 3.63) is 41.2 Å². The first-order valence-corrected chi connectivity index (χ1v) is 8.26. The third kappa shape index (κ3) is 3.23. The third-order valence-corrected chi connectivity index (χ3v) is 5.37. The van der Waals surface area contributed by atoms with Gasteiger partial charge in [-0.3, -0.25) is 0 Å². The van der Waals surface area contributed by atoms with Crippen molar-refractivity contribution in [3.63, 3.8) is 0 Å². The maximum atomic E-state index is 4.29. The number of nitrogens with zero attached hydrogens (tertiary/aromatic N) is 4. The average Bonchev–Trinajstić information content (AvgIpc) is 2.82. The smallest absolute Gasteiger partial charge is 0.167 e. The Labute approximate surface area is 129 Å². The number of hydrogen-bond acceptors (Lipinski definition) is 3. The Kier molecular flexibility index (Phi) is 4.73. The van der Waals surface area contributed by atoms with E-state index < -0.39 is 0 Å². The summed E-state index contributed by atoms with van der Waals surface area (Å²) in [5, 5.41) is 14.0. The molecule has 2 aromatic rings. The Balaban J connectivity index is 2.33. The molecule has 6 heteroatoms. The van der Waals surface area contributed by atoms with Crippen molar-refractivity contribution >= 4 is 31.9 Å². The minimum absolute atomic E-state index is 0.0588. The molecule has 2 rings (SSSR count). The lowest BCUT2D eigenvalue weighted by Crippen LogP contribution is -2.33. The second kappa shape index (κ2) is 6.13. The number of rotatable bonds is 5. The van der Waals surface area contributed by atoms with Crippen LogP contribution in [-0.4, -0.2) is 30.9 Å². The number of aryl methyl sites for hydroxylation is 2. The standard InChI is InChI=1S/C13H16Br2N4/c1-10-3-5-11(6-4-10)13(8-14,9-15)7-12-16-18-19(2)17-12/h3-6H,7-9H2,1-2H3. The van der Waals surface area contributed by atoms with Crippen LogP contribution in [0.25, 0.3) is 0 Å². The number of hydrogen-bond donors (Lipinski definition) is 0. The second-order valence-corrected chi connectivity index (χ2v) is 5.91. The molecule has 0 N–H and O–H groups in total. The van der Waals surface area contributed by atoms with Gasteiger partial charge in [0.2, 0.25) is 0 Å². The van der Waals surface area contributed by atoms with Gasteiger partial charge < -0.3 is 0 Å². The molecule has 19 heavy (non-hydrogen) atoms. The van der Waals surface area contributed by atoms with Crippen LogP contribution in [-0.2, 0) is 18.9 Å². The van der Waals surface area contributed by atoms with Gasteiger partial charge in [0.1, 0.15) is 0 Å². The Morgan fingerprint density at radius 2 is 1.79 bits per heavy atom. The van der Waals surface area contributed by atoms with Gasteiger partial charge in [-0.2, -0.15) is 4.80 Å². The normalized spacial score (nSPS) is 11.8. The molecule has 0 fully saturated rings. The van der Waals surface area contributed by atoms with Crippen LogP contribution in [0.2, 0.25) is 0 Å². The van der Waals surface area contributed by atoms with E-state index in [1.807, 2.05) is 0 Å². The molecule has 0 unspecified atom stereocenters. The van der Waals surface area contributed by atoms with E-state index in [2.05, 4.69) is 78.5 Å². The minimum atomic E-state index is -0.0588. The van der Waals surface area contributed by atoms with Crippen molar-refractivity contribution in [1.82, 2.24) is 20.2 Å². The highest BCUT2D eigenvalue weighted by Gasteiger charge is 2.32. The summed E-state index contributed by atoms with van der Waals surface area (Å²) in [4.78, 5) is 1.50. The second-order valence-electron chi connectivity index (χ2n) is 4.79. The molecule has 0 bridgehead atoms. The molecule has 1 aromatic carbocycles. The summed E-state index contributed by atoms with van der Waals surface area (Å²) in [6, 6.07) is 8.63. The summed E-state index contributed by atoms with van der Waals surface area (Å²) in [5.74, 6) is 0.766. The van der Waals surface area contributed by atoms with Crippen molar-refractivity contribution in [2.24, 2.45) is 7.05 Å². The summed E-state index contributed by atoms with van der Waals surface area (Å²) in [5.41, 5.74) is 2.48. The predicted octanol–water partition coefficient (Wildman–Crippen LogP) is 2.79. The number of alkyl halides is 2. The fourth-order valence-electron chi connectivity index (χ4n) is 1.99. The zero-order valence-corrected chi connectivity index (χ0v) is 14.1. The van der Waals surface area contributed by atoms with Crippen LogP contribution in [0.4, 0.5) is 0 Å². The van der Waals surface area contributed by atoms with Crippen molar-refractivity contribution < 1.29 is 0 Å². The predicted molar refractivity (Wildman–Crippen MR) is 82.9 cm³/mol. The van der Waals surface area contributed by atoms with Gasteiger partial charge in [-0.15, -0.1) is 10.2 Å². The number of halogens is 2. The molecule has 0 radical (unpaired) electrons. The van der Waals surface area contributed by atoms with E-state index in [4.69, 9.17) is 0 Å². The van der Waals surface area contributed by atoms with Crippen LogP contribution < -0.4 is 0 Å².